The first kappa shape index (κ1) is 14.2. The number of hydrogen-bond acceptors (Lipinski definition) is 4. The predicted molar refractivity (Wildman–Crippen MR) is 74.9 cm³/mol. The Bertz CT molecular complexity index is 407. The Kier molecular flexibility index (Phi) is 4.32. The zero-order chi connectivity index (χ0) is 13.9. The first-order valence-electron chi connectivity index (χ1n) is 6.67. The predicted octanol–water partition coefficient (Wildman–Crippen LogP) is 1.96. The molecule has 2 N–H and O–H groups in total. The van der Waals surface area contributed by atoms with E-state index in [1.54, 1.807) is 14.2 Å². The van der Waals surface area contributed by atoms with Crippen molar-refractivity contribution in [3.05, 3.63) is 23.8 Å². The molecule has 4 heteroatoms. The third-order valence-corrected chi connectivity index (χ3v) is 4.19. The van der Waals surface area contributed by atoms with Gasteiger partial charge in [-0.2, -0.15) is 0 Å². The number of benzene rings is 1. The van der Waals surface area contributed by atoms with Gasteiger partial charge in [-0.05, 0) is 36.6 Å². The average Bonchev–Trinajstić information content (AvgIpc) is 2.37. The summed E-state index contributed by atoms with van der Waals surface area (Å²) in [5.41, 5.74) is 6.97. The maximum atomic E-state index is 5.70. The lowest BCUT2D eigenvalue weighted by Crippen LogP contribution is -2.52. The summed E-state index contributed by atoms with van der Waals surface area (Å²) in [4.78, 5) is 0. The minimum absolute atomic E-state index is 0.0428. The van der Waals surface area contributed by atoms with Crippen LogP contribution in [0.15, 0.2) is 18.2 Å². The molecule has 19 heavy (non-hydrogen) atoms. The van der Waals surface area contributed by atoms with Crippen LogP contribution in [0.2, 0.25) is 0 Å². The number of hydrogen-bond donors (Lipinski definition) is 1. The molecular weight excluding hydrogens is 242 g/mol. The van der Waals surface area contributed by atoms with E-state index >= 15 is 0 Å². The SMILES string of the molecule is COc1cc(OC)cc(C2(C(C)CCN)COC2)c1. The van der Waals surface area contributed by atoms with E-state index in [0.717, 1.165) is 31.1 Å². The minimum atomic E-state index is 0.0428. The second-order valence-electron chi connectivity index (χ2n) is 5.23. The third kappa shape index (κ3) is 2.55. The van der Waals surface area contributed by atoms with E-state index in [4.69, 9.17) is 19.9 Å². The number of methoxy groups -OCH3 is 2. The highest BCUT2D eigenvalue weighted by Crippen LogP contribution is 2.43. The monoisotopic (exact) mass is 265 g/mol. The Balaban J connectivity index is 2.37. The van der Waals surface area contributed by atoms with Gasteiger partial charge in [0.25, 0.3) is 0 Å². The first-order chi connectivity index (χ1) is 9.16. The smallest absolute Gasteiger partial charge is 0.122 e. The summed E-state index contributed by atoms with van der Waals surface area (Å²) in [6, 6.07) is 6.06. The normalized spacial score (nSPS) is 18.5. The third-order valence-electron chi connectivity index (χ3n) is 4.19. The van der Waals surface area contributed by atoms with Crippen molar-refractivity contribution in [3.8, 4) is 11.5 Å². The molecule has 1 aliphatic heterocycles. The summed E-state index contributed by atoms with van der Waals surface area (Å²) in [5, 5.41) is 0. The van der Waals surface area contributed by atoms with Crippen molar-refractivity contribution in [3.63, 3.8) is 0 Å². The van der Waals surface area contributed by atoms with Gasteiger partial charge < -0.3 is 19.9 Å². The fraction of sp³-hybridized carbons (Fsp3) is 0.600. The summed E-state index contributed by atoms with van der Waals surface area (Å²) in [7, 11) is 3.34. The molecule has 1 fully saturated rings. The molecule has 0 saturated carbocycles. The lowest BCUT2D eigenvalue weighted by molar-refractivity contribution is -0.0884. The van der Waals surface area contributed by atoms with Gasteiger partial charge in [-0.25, -0.2) is 0 Å². The molecule has 0 aromatic heterocycles. The van der Waals surface area contributed by atoms with Crippen molar-refractivity contribution in [1.29, 1.82) is 0 Å². The number of rotatable bonds is 6. The van der Waals surface area contributed by atoms with Crippen molar-refractivity contribution in [2.24, 2.45) is 11.7 Å². The van der Waals surface area contributed by atoms with Crippen LogP contribution < -0.4 is 15.2 Å². The maximum absolute atomic E-state index is 5.70. The van der Waals surface area contributed by atoms with Crippen molar-refractivity contribution in [2.45, 2.75) is 18.8 Å². The van der Waals surface area contributed by atoms with Gasteiger partial charge in [0.2, 0.25) is 0 Å². The van der Waals surface area contributed by atoms with Crippen LogP contribution in [-0.4, -0.2) is 34.0 Å². The first-order valence-corrected chi connectivity index (χ1v) is 6.67. The van der Waals surface area contributed by atoms with Gasteiger partial charge in [-0.1, -0.05) is 6.92 Å². The van der Waals surface area contributed by atoms with E-state index < -0.39 is 0 Å². The fourth-order valence-electron chi connectivity index (χ4n) is 2.68. The summed E-state index contributed by atoms with van der Waals surface area (Å²) in [6.07, 6.45) is 0.989. The van der Waals surface area contributed by atoms with Crippen LogP contribution in [0.25, 0.3) is 0 Å². The van der Waals surface area contributed by atoms with E-state index in [2.05, 4.69) is 19.1 Å². The molecule has 2 rings (SSSR count). The molecule has 1 aromatic carbocycles. The van der Waals surface area contributed by atoms with Gasteiger partial charge in [0.1, 0.15) is 11.5 Å². The molecule has 106 valence electrons. The Morgan fingerprint density at radius 3 is 2.16 bits per heavy atom. The van der Waals surface area contributed by atoms with Gasteiger partial charge in [0.05, 0.1) is 27.4 Å². The summed E-state index contributed by atoms with van der Waals surface area (Å²) < 4.78 is 16.2. The van der Waals surface area contributed by atoms with E-state index in [-0.39, 0.29) is 5.41 Å². The fourth-order valence-corrected chi connectivity index (χ4v) is 2.68. The van der Waals surface area contributed by atoms with Gasteiger partial charge in [0, 0.05) is 11.5 Å². The summed E-state index contributed by atoms with van der Waals surface area (Å²) >= 11 is 0. The quantitative estimate of drug-likeness (QED) is 0.854. The highest BCUT2D eigenvalue weighted by molar-refractivity contribution is 5.43. The van der Waals surface area contributed by atoms with Crippen LogP contribution in [0.1, 0.15) is 18.9 Å². The molecule has 0 amide bonds. The standard InChI is InChI=1S/C15H23NO3/c1-11(4-5-16)15(9-19-10-15)12-6-13(17-2)8-14(7-12)18-3/h6-8,11H,4-5,9-10,16H2,1-3H3. The van der Waals surface area contributed by atoms with E-state index in [1.807, 2.05) is 6.07 Å². The highest BCUT2D eigenvalue weighted by Gasteiger charge is 2.45. The Labute approximate surface area is 114 Å². The number of nitrogens with two attached hydrogens (primary N) is 1. The van der Waals surface area contributed by atoms with Crippen molar-refractivity contribution >= 4 is 0 Å². The molecular formula is C15H23NO3. The average molecular weight is 265 g/mol. The molecule has 1 heterocycles. The van der Waals surface area contributed by atoms with Gasteiger partial charge in [0.15, 0.2) is 0 Å². The zero-order valence-electron chi connectivity index (χ0n) is 11.9. The second-order valence-corrected chi connectivity index (χ2v) is 5.23. The van der Waals surface area contributed by atoms with Gasteiger partial charge in [-0.3, -0.25) is 0 Å². The molecule has 4 nitrogen and oxygen atoms in total. The molecule has 1 atom stereocenters. The Morgan fingerprint density at radius 1 is 1.21 bits per heavy atom. The maximum Gasteiger partial charge on any atom is 0.122 e. The molecule has 1 unspecified atom stereocenters. The van der Waals surface area contributed by atoms with Crippen LogP contribution in [0, 0.1) is 5.92 Å². The summed E-state index contributed by atoms with van der Waals surface area (Å²) in [6.45, 7) is 4.42. The van der Waals surface area contributed by atoms with Crippen LogP contribution >= 0.6 is 0 Å². The van der Waals surface area contributed by atoms with Crippen LogP contribution in [0.3, 0.4) is 0 Å². The lowest BCUT2D eigenvalue weighted by atomic mass is 9.68. The van der Waals surface area contributed by atoms with Crippen LogP contribution in [-0.2, 0) is 10.2 Å². The number of ether oxygens (including phenoxy) is 3. The molecule has 0 bridgehead atoms. The van der Waals surface area contributed by atoms with Crippen molar-refractivity contribution in [1.82, 2.24) is 0 Å². The minimum Gasteiger partial charge on any atom is -0.497 e. The van der Waals surface area contributed by atoms with Gasteiger partial charge >= 0.3 is 0 Å². The molecule has 1 aromatic rings. The van der Waals surface area contributed by atoms with Crippen LogP contribution in [0.4, 0.5) is 0 Å². The zero-order valence-corrected chi connectivity index (χ0v) is 11.9. The Morgan fingerprint density at radius 2 is 1.79 bits per heavy atom. The second kappa shape index (κ2) is 5.80. The molecule has 1 aliphatic rings. The molecule has 0 spiro atoms. The Hall–Kier alpha value is -1.26. The molecule has 1 saturated heterocycles. The molecule has 0 aliphatic carbocycles. The molecule has 0 radical (unpaired) electrons. The highest BCUT2D eigenvalue weighted by atomic mass is 16.5. The van der Waals surface area contributed by atoms with Gasteiger partial charge in [-0.15, -0.1) is 0 Å². The lowest BCUT2D eigenvalue weighted by Gasteiger charge is -2.46. The van der Waals surface area contributed by atoms with Crippen molar-refractivity contribution < 1.29 is 14.2 Å². The van der Waals surface area contributed by atoms with E-state index in [0.29, 0.717) is 12.5 Å². The van der Waals surface area contributed by atoms with E-state index in [1.165, 1.54) is 5.56 Å². The van der Waals surface area contributed by atoms with Crippen molar-refractivity contribution in [2.75, 3.05) is 34.0 Å². The van der Waals surface area contributed by atoms with E-state index in [9.17, 15) is 0 Å². The topological polar surface area (TPSA) is 53.7 Å². The van der Waals surface area contributed by atoms with Crippen LogP contribution in [0.5, 0.6) is 11.5 Å². The summed E-state index contributed by atoms with van der Waals surface area (Å²) in [5.74, 6) is 2.12. The largest absolute Gasteiger partial charge is 0.497 e.